The summed E-state index contributed by atoms with van der Waals surface area (Å²) in [5.74, 6) is 0.530. The van der Waals surface area contributed by atoms with Crippen molar-refractivity contribution in [2.24, 2.45) is 5.92 Å². The quantitative estimate of drug-likeness (QED) is 0.909. The number of aryl methyl sites for hydroxylation is 1. The lowest BCUT2D eigenvalue weighted by atomic mass is 10.0. The Balaban J connectivity index is 1.99. The van der Waals surface area contributed by atoms with Crippen LogP contribution in [0.15, 0.2) is 18.2 Å². The molecule has 0 aromatic heterocycles. The van der Waals surface area contributed by atoms with Gasteiger partial charge in [0.05, 0.1) is 6.61 Å². The van der Waals surface area contributed by atoms with Gasteiger partial charge >= 0.3 is 0 Å². The van der Waals surface area contributed by atoms with Crippen molar-refractivity contribution in [1.29, 1.82) is 0 Å². The van der Waals surface area contributed by atoms with Crippen LogP contribution in [-0.4, -0.2) is 42.7 Å². The Kier molecular flexibility index (Phi) is 4.43. The number of nitrogens with zero attached hydrogens (tertiary/aromatic N) is 1. The number of phenolic OH excluding ortho intramolecular Hbond substituents is 1. The Bertz CT molecular complexity index is 453. The molecule has 0 aliphatic carbocycles. The zero-order valence-electron chi connectivity index (χ0n) is 11.6. The minimum Gasteiger partial charge on any atom is -0.508 e. The molecule has 1 aromatic rings. The van der Waals surface area contributed by atoms with E-state index >= 15 is 0 Å². The number of carbonyl (C=O) groups is 1. The maximum Gasteiger partial charge on any atom is 0.253 e. The van der Waals surface area contributed by atoms with Gasteiger partial charge in [0.15, 0.2) is 0 Å². The second-order valence-corrected chi connectivity index (χ2v) is 5.27. The number of aromatic hydroxyl groups is 1. The zero-order chi connectivity index (χ0) is 13.8. The largest absolute Gasteiger partial charge is 0.508 e. The van der Waals surface area contributed by atoms with E-state index in [2.05, 4.69) is 0 Å². The monoisotopic (exact) mass is 263 g/mol. The lowest BCUT2D eigenvalue weighted by molar-refractivity contribution is 0.0388. The fourth-order valence-corrected chi connectivity index (χ4v) is 2.38. The summed E-state index contributed by atoms with van der Waals surface area (Å²) in [4.78, 5) is 14.0. The molecule has 0 radical (unpaired) electrons. The van der Waals surface area contributed by atoms with Gasteiger partial charge in [0, 0.05) is 25.8 Å². The molecule has 1 saturated heterocycles. The highest BCUT2D eigenvalue weighted by Gasteiger charge is 2.20. The summed E-state index contributed by atoms with van der Waals surface area (Å²) < 4.78 is 5.43. The molecule has 19 heavy (non-hydrogen) atoms. The molecule has 1 N–H and O–H groups in total. The third kappa shape index (κ3) is 3.47. The van der Waals surface area contributed by atoms with Crippen LogP contribution in [0.25, 0.3) is 0 Å². The highest BCUT2D eigenvalue weighted by molar-refractivity contribution is 5.94. The number of hydrogen-bond acceptors (Lipinski definition) is 3. The first-order valence-corrected chi connectivity index (χ1v) is 6.70. The normalized spacial score (nSPS) is 19.2. The number of ether oxygens (including phenoxy) is 1. The smallest absolute Gasteiger partial charge is 0.253 e. The fraction of sp³-hybridized carbons (Fsp3) is 0.533. The van der Waals surface area contributed by atoms with Crippen molar-refractivity contribution in [2.45, 2.75) is 19.8 Å². The molecular weight excluding hydrogens is 242 g/mol. The van der Waals surface area contributed by atoms with Crippen LogP contribution in [0.3, 0.4) is 0 Å². The van der Waals surface area contributed by atoms with E-state index in [-0.39, 0.29) is 11.7 Å². The van der Waals surface area contributed by atoms with Crippen molar-refractivity contribution in [3.8, 4) is 5.75 Å². The first-order chi connectivity index (χ1) is 9.08. The summed E-state index contributed by atoms with van der Waals surface area (Å²) in [6.07, 6.45) is 2.18. The zero-order valence-corrected chi connectivity index (χ0v) is 11.6. The third-order valence-corrected chi connectivity index (χ3v) is 3.59. The lowest BCUT2D eigenvalue weighted by Crippen LogP contribution is -2.35. The summed E-state index contributed by atoms with van der Waals surface area (Å²) in [6, 6.07) is 5.05. The van der Waals surface area contributed by atoms with E-state index in [0.29, 0.717) is 18.0 Å². The van der Waals surface area contributed by atoms with E-state index in [4.69, 9.17) is 4.74 Å². The molecule has 1 aliphatic rings. The average Bonchev–Trinajstić information content (AvgIpc) is 2.42. The van der Waals surface area contributed by atoms with Crippen LogP contribution in [0.5, 0.6) is 5.75 Å². The molecule has 1 amide bonds. The second kappa shape index (κ2) is 6.06. The first kappa shape index (κ1) is 13.9. The molecule has 2 rings (SSSR count). The topological polar surface area (TPSA) is 49.8 Å². The molecule has 104 valence electrons. The van der Waals surface area contributed by atoms with E-state index in [0.717, 1.165) is 31.6 Å². The minimum atomic E-state index is -0.0547. The molecule has 1 heterocycles. The van der Waals surface area contributed by atoms with E-state index in [1.165, 1.54) is 6.07 Å². The third-order valence-electron chi connectivity index (χ3n) is 3.59. The number of hydrogen-bond donors (Lipinski definition) is 1. The van der Waals surface area contributed by atoms with Crippen molar-refractivity contribution in [1.82, 2.24) is 4.90 Å². The molecule has 0 bridgehead atoms. The van der Waals surface area contributed by atoms with Crippen molar-refractivity contribution in [3.63, 3.8) is 0 Å². The van der Waals surface area contributed by atoms with Gasteiger partial charge in [-0.25, -0.2) is 0 Å². The van der Waals surface area contributed by atoms with E-state index in [9.17, 15) is 9.90 Å². The van der Waals surface area contributed by atoms with Gasteiger partial charge in [0.1, 0.15) is 5.75 Å². The van der Waals surface area contributed by atoms with E-state index < -0.39 is 0 Å². The molecule has 0 saturated carbocycles. The summed E-state index contributed by atoms with van der Waals surface area (Å²) in [5.41, 5.74) is 1.31. The van der Waals surface area contributed by atoms with Gasteiger partial charge < -0.3 is 14.7 Å². The molecule has 0 spiro atoms. The highest BCUT2D eigenvalue weighted by atomic mass is 16.5. The van der Waals surface area contributed by atoms with Gasteiger partial charge in [-0.1, -0.05) is 6.07 Å². The Labute approximate surface area is 114 Å². The van der Waals surface area contributed by atoms with Gasteiger partial charge in [0.2, 0.25) is 0 Å². The van der Waals surface area contributed by atoms with E-state index in [1.807, 2.05) is 6.92 Å². The number of carbonyl (C=O) groups excluding carboxylic acids is 1. The SMILES string of the molecule is Cc1ccc(C(=O)N(C)CC2CCCOC2)cc1O. The van der Waals surface area contributed by atoms with Gasteiger partial charge in [-0.3, -0.25) is 4.79 Å². The first-order valence-electron chi connectivity index (χ1n) is 6.70. The van der Waals surface area contributed by atoms with Gasteiger partial charge in [-0.05, 0) is 43.4 Å². The molecule has 1 atom stereocenters. The van der Waals surface area contributed by atoms with Crippen molar-refractivity contribution in [3.05, 3.63) is 29.3 Å². The summed E-state index contributed by atoms with van der Waals surface area (Å²) in [7, 11) is 1.80. The van der Waals surface area contributed by atoms with Crippen LogP contribution in [0.1, 0.15) is 28.8 Å². The maximum atomic E-state index is 12.3. The highest BCUT2D eigenvalue weighted by Crippen LogP contribution is 2.20. The molecule has 1 unspecified atom stereocenters. The Morgan fingerprint density at radius 3 is 2.95 bits per heavy atom. The van der Waals surface area contributed by atoms with Crippen LogP contribution in [0, 0.1) is 12.8 Å². The number of amides is 1. The summed E-state index contributed by atoms with van der Waals surface area (Å²) in [5, 5.41) is 9.66. The predicted octanol–water partition coefficient (Wildman–Crippen LogP) is 2.20. The molecule has 4 nitrogen and oxygen atoms in total. The van der Waals surface area contributed by atoms with Crippen molar-refractivity contribution < 1.29 is 14.6 Å². The van der Waals surface area contributed by atoms with E-state index in [1.54, 1.807) is 24.1 Å². The number of benzene rings is 1. The Hall–Kier alpha value is -1.55. The Morgan fingerprint density at radius 2 is 2.32 bits per heavy atom. The second-order valence-electron chi connectivity index (χ2n) is 5.27. The molecular formula is C15H21NO3. The molecule has 1 aliphatic heterocycles. The van der Waals surface area contributed by atoms with Gasteiger partial charge in [0.25, 0.3) is 5.91 Å². The molecule has 1 fully saturated rings. The summed E-state index contributed by atoms with van der Waals surface area (Å²) >= 11 is 0. The number of phenols is 1. The van der Waals surface area contributed by atoms with Crippen LogP contribution in [0.4, 0.5) is 0 Å². The van der Waals surface area contributed by atoms with Gasteiger partial charge in [-0.2, -0.15) is 0 Å². The standard InChI is InChI=1S/C15H21NO3/c1-11-5-6-13(8-14(11)17)15(18)16(2)9-12-4-3-7-19-10-12/h5-6,8,12,17H,3-4,7,9-10H2,1-2H3. The summed E-state index contributed by atoms with van der Waals surface area (Å²) in [6.45, 7) is 4.08. The van der Waals surface area contributed by atoms with Crippen LogP contribution < -0.4 is 0 Å². The van der Waals surface area contributed by atoms with Crippen molar-refractivity contribution in [2.75, 3.05) is 26.8 Å². The molecule has 1 aromatic carbocycles. The van der Waals surface area contributed by atoms with Gasteiger partial charge in [-0.15, -0.1) is 0 Å². The maximum absolute atomic E-state index is 12.3. The average molecular weight is 263 g/mol. The predicted molar refractivity (Wildman–Crippen MR) is 73.3 cm³/mol. The van der Waals surface area contributed by atoms with Crippen molar-refractivity contribution >= 4 is 5.91 Å². The fourth-order valence-electron chi connectivity index (χ4n) is 2.38. The van der Waals surface area contributed by atoms with Crippen LogP contribution in [0.2, 0.25) is 0 Å². The number of rotatable bonds is 3. The molecule has 4 heteroatoms. The van der Waals surface area contributed by atoms with Crippen LogP contribution >= 0.6 is 0 Å². The van der Waals surface area contributed by atoms with Crippen LogP contribution in [-0.2, 0) is 4.74 Å². The lowest BCUT2D eigenvalue weighted by Gasteiger charge is -2.27. The Morgan fingerprint density at radius 1 is 1.53 bits per heavy atom. The minimum absolute atomic E-state index is 0.0547.